The number of carbonyl (C=O) groups excluding carboxylic acids is 1. The second-order valence-electron chi connectivity index (χ2n) is 3.22. The van der Waals surface area contributed by atoms with Crippen molar-refractivity contribution >= 4 is 5.97 Å². The monoisotopic (exact) mass is 228 g/mol. The molecule has 88 valence electrons. The van der Waals surface area contributed by atoms with E-state index in [9.17, 15) is 22.4 Å². The molecule has 0 spiro atoms. The highest BCUT2D eigenvalue weighted by Crippen LogP contribution is 2.23. The zero-order chi connectivity index (χ0) is 12.1. The van der Waals surface area contributed by atoms with Crippen LogP contribution in [0, 0.1) is 0 Å². The van der Waals surface area contributed by atoms with Gasteiger partial charge in [0.05, 0.1) is 0 Å². The molecule has 0 aliphatic rings. The molecule has 15 heavy (non-hydrogen) atoms. The van der Waals surface area contributed by atoms with Crippen LogP contribution in [0.1, 0.15) is 26.7 Å². The van der Waals surface area contributed by atoms with E-state index >= 15 is 0 Å². The third-order valence-corrected chi connectivity index (χ3v) is 1.31. The number of esters is 1. The van der Waals surface area contributed by atoms with Crippen molar-refractivity contribution in [1.29, 1.82) is 0 Å². The summed E-state index contributed by atoms with van der Waals surface area (Å²) in [6, 6.07) is 0. The Hall–Kier alpha value is -1.07. The normalized spacial score (nSPS) is 13.2. The molecule has 1 unspecified atom stereocenters. The maximum absolute atomic E-state index is 12.7. The third-order valence-electron chi connectivity index (χ3n) is 1.31. The summed E-state index contributed by atoms with van der Waals surface area (Å²) in [5, 5.41) is 0. The average Bonchev–Trinajstić information content (AvgIpc) is 1.97. The van der Waals surface area contributed by atoms with Crippen LogP contribution in [-0.2, 0) is 9.53 Å². The molecule has 0 radical (unpaired) electrons. The van der Waals surface area contributed by atoms with E-state index in [1.165, 1.54) is 0 Å². The van der Waals surface area contributed by atoms with Crippen LogP contribution in [0.2, 0.25) is 0 Å². The summed E-state index contributed by atoms with van der Waals surface area (Å²) >= 11 is 0. The van der Waals surface area contributed by atoms with Gasteiger partial charge in [-0.05, 0) is 13.8 Å². The van der Waals surface area contributed by atoms with Crippen LogP contribution in [-0.4, -0.2) is 18.5 Å². The van der Waals surface area contributed by atoms with E-state index in [0.29, 0.717) is 5.57 Å². The molecule has 0 rings (SSSR count). The largest absolute Gasteiger partial charge is 0.428 e. The van der Waals surface area contributed by atoms with Crippen molar-refractivity contribution in [2.75, 3.05) is 0 Å². The van der Waals surface area contributed by atoms with Crippen molar-refractivity contribution in [1.82, 2.24) is 0 Å². The molecule has 0 bridgehead atoms. The van der Waals surface area contributed by atoms with Gasteiger partial charge in [0.1, 0.15) is 0 Å². The molecular weight excluding hydrogens is 216 g/mol. The average molecular weight is 228 g/mol. The van der Waals surface area contributed by atoms with Gasteiger partial charge in [-0.2, -0.15) is 13.2 Å². The first-order valence-corrected chi connectivity index (χ1v) is 4.27. The van der Waals surface area contributed by atoms with E-state index in [-0.39, 0.29) is 0 Å². The second kappa shape index (κ2) is 5.72. The fraction of sp³-hybridized carbons (Fsp3) is 0.667. The Labute approximate surface area is 84.9 Å². The first-order chi connectivity index (χ1) is 6.70. The van der Waals surface area contributed by atoms with Gasteiger partial charge in [0.25, 0.3) is 0 Å². The van der Waals surface area contributed by atoms with E-state index in [2.05, 4.69) is 4.74 Å². The van der Waals surface area contributed by atoms with Gasteiger partial charge in [-0.1, -0.05) is 5.57 Å². The summed E-state index contributed by atoms with van der Waals surface area (Å²) in [6.45, 7) is 3.18. The second-order valence-corrected chi connectivity index (χ2v) is 3.22. The van der Waals surface area contributed by atoms with E-state index < -0.39 is 31.3 Å². The van der Waals surface area contributed by atoms with Gasteiger partial charge in [0.15, 0.2) is 0 Å². The van der Waals surface area contributed by atoms with Crippen LogP contribution < -0.4 is 0 Å². The zero-order valence-electron chi connectivity index (χ0n) is 8.40. The number of halogens is 4. The summed E-state index contributed by atoms with van der Waals surface area (Å²) in [7, 11) is 0. The fourth-order valence-corrected chi connectivity index (χ4v) is 0.732. The standard InChI is InChI=1S/C9H12F4O2/c1-6(2)5-8(14)15-7(10)3-4-9(11,12)13/h5,7H,3-4H2,1-2H3. The van der Waals surface area contributed by atoms with Crippen molar-refractivity contribution in [3.8, 4) is 0 Å². The lowest BCUT2D eigenvalue weighted by molar-refractivity contribution is -0.164. The van der Waals surface area contributed by atoms with Gasteiger partial charge in [-0.3, -0.25) is 0 Å². The lowest BCUT2D eigenvalue weighted by atomic mass is 10.3. The number of ether oxygens (including phenoxy) is 1. The highest BCUT2D eigenvalue weighted by atomic mass is 19.4. The van der Waals surface area contributed by atoms with Crippen LogP contribution in [0.4, 0.5) is 17.6 Å². The van der Waals surface area contributed by atoms with Gasteiger partial charge in [-0.15, -0.1) is 0 Å². The molecule has 0 aromatic carbocycles. The van der Waals surface area contributed by atoms with Crippen molar-refractivity contribution in [2.24, 2.45) is 0 Å². The smallest absolute Gasteiger partial charge is 0.389 e. The summed E-state index contributed by atoms with van der Waals surface area (Å²) in [6.07, 6.45) is -7.81. The van der Waals surface area contributed by atoms with E-state index in [4.69, 9.17) is 0 Å². The molecule has 0 aliphatic heterocycles. The third kappa shape index (κ3) is 9.24. The molecule has 1 atom stereocenters. The summed E-state index contributed by atoms with van der Waals surface area (Å²) < 4.78 is 51.7. The Balaban J connectivity index is 3.89. The number of alkyl halides is 4. The highest BCUT2D eigenvalue weighted by molar-refractivity contribution is 5.82. The van der Waals surface area contributed by atoms with Crippen LogP contribution in [0.5, 0.6) is 0 Å². The number of carbonyl (C=O) groups is 1. The molecule has 6 heteroatoms. The molecule has 0 heterocycles. The molecule has 0 fully saturated rings. The minimum absolute atomic E-state index is 0.586. The summed E-state index contributed by atoms with van der Waals surface area (Å²) in [4.78, 5) is 10.8. The molecule has 0 N–H and O–H groups in total. The number of rotatable bonds is 4. The van der Waals surface area contributed by atoms with Crippen LogP contribution in [0.3, 0.4) is 0 Å². The molecular formula is C9H12F4O2. The lowest BCUT2D eigenvalue weighted by Crippen LogP contribution is -2.16. The Morgan fingerprint density at radius 3 is 2.33 bits per heavy atom. The predicted molar refractivity (Wildman–Crippen MR) is 45.7 cm³/mol. The number of hydrogen-bond acceptors (Lipinski definition) is 2. The maximum Gasteiger partial charge on any atom is 0.389 e. The van der Waals surface area contributed by atoms with Crippen LogP contribution in [0.15, 0.2) is 11.6 Å². The van der Waals surface area contributed by atoms with Gasteiger partial charge in [-0.25, -0.2) is 9.18 Å². The van der Waals surface area contributed by atoms with Crippen LogP contribution in [0.25, 0.3) is 0 Å². The Morgan fingerprint density at radius 1 is 1.40 bits per heavy atom. The van der Waals surface area contributed by atoms with E-state index in [1.807, 2.05) is 0 Å². The fourth-order valence-electron chi connectivity index (χ4n) is 0.732. The molecule has 0 saturated carbocycles. The number of allylic oxidation sites excluding steroid dienone is 1. The molecule has 0 aromatic rings. The van der Waals surface area contributed by atoms with E-state index in [1.54, 1.807) is 13.8 Å². The maximum atomic E-state index is 12.7. The zero-order valence-corrected chi connectivity index (χ0v) is 8.40. The molecule has 0 amide bonds. The quantitative estimate of drug-likeness (QED) is 0.419. The Morgan fingerprint density at radius 2 is 1.93 bits per heavy atom. The Bertz CT molecular complexity index is 241. The molecule has 0 aromatic heterocycles. The van der Waals surface area contributed by atoms with Crippen molar-refractivity contribution in [3.63, 3.8) is 0 Å². The lowest BCUT2D eigenvalue weighted by Gasteiger charge is -2.10. The first-order valence-electron chi connectivity index (χ1n) is 4.27. The highest BCUT2D eigenvalue weighted by Gasteiger charge is 2.29. The molecule has 2 nitrogen and oxygen atoms in total. The predicted octanol–water partition coefficient (Wildman–Crippen LogP) is 3.13. The Kier molecular flexibility index (Phi) is 5.32. The van der Waals surface area contributed by atoms with Crippen LogP contribution >= 0.6 is 0 Å². The SMILES string of the molecule is CC(C)=CC(=O)OC(F)CCC(F)(F)F. The van der Waals surface area contributed by atoms with Gasteiger partial charge in [0.2, 0.25) is 6.36 Å². The first kappa shape index (κ1) is 13.9. The summed E-state index contributed by atoms with van der Waals surface area (Å²) in [5.41, 5.74) is 0.586. The number of hydrogen-bond donors (Lipinski definition) is 0. The molecule has 0 aliphatic carbocycles. The van der Waals surface area contributed by atoms with Crippen molar-refractivity contribution in [2.45, 2.75) is 39.2 Å². The van der Waals surface area contributed by atoms with Crippen molar-refractivity contribution in [3.05, 3.63) is 11.6 Å². The minimum atomic E-state index is -4.44. The van der Waals surface area contributed by atoms with E-state index in [0.717, 1.165) is 6.08 Å². The van der Waals surface area contributed by atoms with Gasteiger partial charge < -0.3 is 4.74 Å². The minimum Gasteiger partial charge on any atom is -0.428 e. The van der Waals surface area contributed by atoms with Gasteiger partial charge >= 0.3 is 12.1 Å². The van der Waals surface area contributed by atoms with Gasteiger partial charge in [0, 0.05) is 18.9 Å². The molecule has 0 saturated heterocycles. The topological polar surface area (TPSA) is 26.3 Å². The van der Waals surface area contributed by atoms with Crippen molar-refractivity contribution < 1.29 is 27.1 Å². The summed E-state index contributed by atoms with van der Waals surface area (Å²) in [5.74, 6) is -0.968.